The Morgan fingerprint density at radius 2 is 1.93 bits per heavy atom. The van der Waals surface area contributed by atoms with Crippen LogP contribution in [0.3, 0.4) is 0 Å². The van der Waals surface area contributed by atoms with Crippen LogP contribution in [0.25, 0.3) is 0 Å². The highest BCUT2D eigenvalue weighted by atomic mass is 35.5. The standard InChI is InChI=1S/C16H12ClF5N6O/c17-9-2-1-3-10(18)8(9)5-27-7-23-16(26-27)24-13(29)6-28-12(15(21)22)4-11(25-28)14(19)20/h1-4,7,14-15H,5-6H2,(H,24,26,29). The number of anilines is 1. The van der Waals surface area contributed by atoms with Gasteiger partial charge in [-0.1, -0.05) is 17.7 Å². The quantitative estimate of drug-likeness (QED) is 0.573. The minimum Gasteiger partial charge on any atom is -0.292 e. The maximum Gasteiger partial charge on any atom is 0.282 e. The number of nitrogens with one attached hydrogen (secondary N) is 1. The predicted octanol–water partition coefficient (Wildman–Crippen LogP) is 3.83. The van der Waals surface area contributed by atoms with Crippen LogP contribution < -0.4 is 5.32 Å². The van der Waals surface area contributed by atoms with Gasteiger partial charge < -0.3 is 0 Å². The molecule has 0 atom stereocenters. The molecule has 0 fully saturated rings. The molecular weight excluding hydrogens is 423 g/mol. The lowest BCUT2D eigenvalue weighted by molar-refractivity contribution is -0.117. The molecule has 7 nitrogen and oxygen atoms in total. The van der Waals surface area contributed by atoms with Gasteiger partial charge >= 0.3 is 0 Å². The van der Waals surface area contributed by atoms with Gasteiger partial charge in [-0.15, -0.1) is 5.10 Å². The van der Waals surface area contributed by atoms with Gasteiger partial charge in [0.05, 0.1) is 6.54 Å². The number of halogens is 6. The minimum atomic E-state index is -3.09. The molecule has 1 aromatic carbocycles. The molecule has 0 aliphatic heterocycles. The van der Waals surface area contributed by atoms with Crippen LogP contribution in [-0.2, 0) is 17.9 Å². The van der Waals surface area contributed by atoms with Gasteiger partial charge in [-0.3, -0.25) is 14.8 Å². The van der Waals surface area contributed by atoms with E-state index >= 15 is 0 Å². The molecule has 0 saturated carbocycles. The van der Waals surface area contributed by atoms with Crippen molar-refractivity contribution in [1.29, 1.82) is 0 Å². The summed E-state index contributed by atoms with van der Waals surface area (Å²) in [6.45, 7) is -0.819. The summed E-state index contributed by atoms with van der Waals surface area (Å²) in [6, 6.07) is 4.70. The van der Waals surface area contributed by atoms with Crippen LogP contribution in [0.4, 0.5) is 27.9 Å². The normalized spacial score (nSPS) is 11.4. The third-order valence-electron chi connectivity index (χ3n) is 3.74. The number of benzene rings is 1. The van der Waals surface area contributed by atoms with Crippen molar-refractivity contribution in [1.82, 2.24) is 24.5 Å². The van der Waals surface area contributed by atoms with E-state index < -0.39 is 42.5 Å². The van der Waals surface area contributed by atoms with Crippen LogP contribution in [0.2, 0.25) is 5.02 Å². The molecule has 29 heavy (non-hydrogen) atoms. The first-order valence-corrected chi connectivity index (χ1v) is 8.38. The Balaban J connectivity index is 1.68. The van der Waals surface area contributed by atoms with Gasteiger partial charge in [-0.25, -0.2) is 31.6 Å². The molecule has 0 unspecified atom stereocenters. The van der Waals surface area contributed by atoms with Gasteiger partial charge in [-0.05, 0) is 18.2 Å². The fraction of sp³-hybridized carbons (Fsp3) is 0.250. The number of nitrogens with zero attached hydrogens (tertiary/aromatic N) is 5. The van der Waals surface area contributed by atoms with E-state index in [9.17, 15) is 26.7 Å². The van der Waals surface area contributed by atoms with E-state index in [-0.39, 0.29) is 23.1 Å². The summed E-state index contributed by atoms with van der Waals surface area (Å²) in [7, 11) is 0. The topological polar surface area (TPSA) is 77.6 Å². The van der Waals surface area contributed by atoms with Gasteiger partial charge in [0.1, 0.15) is 30.1 Å². The molecule has 3 aromatic rings. The lowest BCUT2D eigenvalue weighted by atomic mass is 10.2. The van der Waals surface area contributed by atoms with Crippen LogP contribution in [0.15, 0.2) is 30.6 Å². The monoisotopic (exact) mass is 434 g/mol. The molecule has 0 spiro atoms. The SMILES string of the molecule is O=C(Cn1nc(C(F)F)cc1C(F)F)Nc1ncn(Cc2c(F)cccc2Cl)n1. The zero-order valence-electron chi connectivity index (χ0n) is 14.4. The average Bonchev–Trinajstić information content (AvgIpc) is 3.25. The molecule has 0 aliphatic rings. The molecular formula is C16H12ClF5N6O. The first kappa shape index (κ1) is 20.7. The summed E-state index contributed by atoms with van der Waals surface area (Å²) in [6.07, 6.45) is -4.95. The number of rotatable bonds is 7. The van der Waals surface area contributed by atoms with Crippen molar-refractivity contribution in [2.24, 2.45) is 0 Å². The van der Waals surface area contributed by atoms with E-state index in [4.69, 9.17) is 11.6 Å². The van der Waals surface area contributed by atoms with Crippen molar-refractivity contribution >= 4 is 23.5 Å². The first-order chi connectivity index (χ1) is 13.7. The largest absolute Gasteiger partial charge is 0.292 e. The third-order valence-corrected chi connectivity index (χ3v) is 4.09. The van der Waals surface area contributed by atoms with Crippen LogP contribution >= 0.6 is 11.6 Å². The van der Waals surface area contributed by atoms with Crippen molar-refractivity contribution in [3.63, 3.8) is 0 Å². The molecule has 0 saturated heterocycles. The van der Waals surface area contributed by atoms with Crippen molar-refractivity contribution in [2.75, 3.05) is 5.32 Å². The molecule has 2 aromatic heterocycles. The maximum absolute atomic E-state index is 13.8. The predicted molar refractivity (Wildman–Crippen MR) is 91.3 cm³/mol. The Morgan fingerprint density at radius 1 is 1.17 bits per heavy atom. The summed E-state index contributed by atoms with van der Waals surface area (Å²) in [5.41, 5.74) is -1.52. The molecule has 2 heterocycles. The summed E-state index contributed by atoms with van der Waals surface area (Å²) in [4.78, 5) is 15.8. The third kappa shape index (κ3) is 4.88. The number of hydrogen-bond acceptors (Lipinski definition) is 4. The Bertz CT molecular complexity index is 1000. The maximum atomic E-state index is 13.8. The lowest BCUT2D eigenvalue weighted by Gasteiger charge is -2.06. The molecule has 0 bridgehead atoms. The van der Waals surface area contributed by atoms with Crippen molar-refractivity contribution in [3.05, 3.63) is 58.4 Å². The average molecular weight is 435 g/mol. The molecule has 0 aliphatic carbocycles. The van der Waals surface area contributed by atoms with Crippen LogP contribution in [0, 0.1) is 5.82 Å². The highest BCUT2D eigenvalue weighted by Gasteiger charge is 2.22. The van der Waals surface area contributed by atoms with Gasteiger partial charge in [-0.2, -0.15) is 5.10 Å². The van der Waals surface area contributed by atoms with Crippen molar-refractivity contribution < 1.29 is 26.7 Å². The molecule has 3 rings (SSSR count). The summed E-state index contributed by atoms with van der Waals surface area (Å²) < 4.78 is 66.7. The van der Waals surface area contributed by atoms with Crippen LogP contribution in [0.1, 0.15) is 29.8 Å². The Hall–Kier alpha value is -3.02. The second kappa shape index (κ2) is 8.55. The van der Waals surface area contributed by atoms with Gasteiger partial charge in [0.2, 0.25) is 11.9 Å². The van der Waals surface area contributed by atoms with Gasteiger partial charge in [0, 0.05) is 10.6 Å². The molecule has 13 heteroatoms. The van der Waals surface area contributed by atoms with E-state index in [0.29, 0.717) is 10.7 Å². The molecule has 1 N–H and O–H groups in total. The second-order valence-corrected chi connectivity index (χ2v) is 6.17. The lowest BCUT2D eigenvalue weighted by Crippen LogP contribution is -2.22. The highest BCUT2D eigenvalue weighted by molar-refractivity contribution is 6.31. The number of carbonyl (C=O) groups excluding carboxylic acids is 1. The number of amides is 1. The summed E-state index contributed by atoms with van der Waals surface area (Å²) >= 11 is 5.93. The van der Waals surface area contributed by atoms with Crippen molar-refractivity contribution in [3.8, 4) is 0 Å². The molecule has 0 radical (unpaired) electrons. The summed E-state index contributed by atoms with van der Waals surface area (Å²) in [5.74, 6) is -1.61. The van der Waals surface area contributed by atoms with E-state index in [1.807, 2.05) is 0 Å². The van der Waals surface area contributed by atoms with E-state index in [2.05, 4.69) is 20.5 Å². The summed E-state index contributed by atoms with van der Waals surface area (Å²) in [5, 5.41) is 9.64. The Morgan fingerprint density at radius 3 is 2.59 bits per heavy atom. The molecule has 154 valence electrons. The van der Waals surface area contributed by atoms with E-state index in [1.54, 1.807) is 0 Å². The zero-order chi connectivity index (χ0) is 21.1. The number of hydrogen-bond donors (Lipinski definition) is 1. The van der Waals surface area contributed by atoms with E-state index in [1.165, 1.54) is 29.2 Å². The van der Waals surface area contributed by atoms with Gasteiger partial charge in [0.15, 0.2) is 0 Å². The highest BCUT2D eigenvalue weighted by Crippen LogP contribution is 2.25. The Labute approximate surface area is 165 Å². The minimum absolute atomic E-state index is 0.0686. The fourth-order valence-corrected chi connectivity index (χ4v) is 2.66. The van der Waals surface area contributed by atoms with Crippen LogP contribution in [0.5, 0.6) is 0 Å². The number of carbonyl (C=O) groups is 1. The molecule has 1 amide bonds. The number of alkyl halides is 4. The van der Waals surface area contributed by atoms with E-state index in [0.717, 1.165) is 0 Å². The second-order valence-electron chi connectivity index (χ2n) is 5.77. The van der Waals surface area contributed by atoms with Gasteiger partial charge in [0.25, 0.3) is 12.9 Å². The first-order valence-electron chi connectivity index (χ1n) is 8.00. The smallest absolute Gasteiger partial charge is 0.282 e. The number of aromatic nitrogens is 5. The fourth-order valence-electron chi connectivity index (χ4n) is 2.43. The van der Waals surface area contributed by atoms with Crippen LogP contribution in [-0.4, -0.2) is 30.5 Å². The van der Waals surface area contributed by atoms with Crippen molar-refractivity contribution in [2.45, 2.75) is 25.9 Å². The Kier molecular flexibility index (Phi) is 6.11. The zero-order valence-corrected chi connectivity index (χ0v) is 15.1.